The number of halogens is 1. The van der Waals surface area contributed by atoms with Gasteiger partial charge in [-0.1, -0.05) is 31.5 Å². The van der Waals surface area contributed by atoms with Crippen LogP contribution < -0.4 is 15.0 Å². The number of likely N-dealkylation sites (tertiary alicyclic amines) is 1. The molecule has 2 aliphatic heterocycles. The molecule has 0 aliphatic carbocycles. The number of hydrogen-bond acceptors (Lipinski definition) is 5. The summed E-state index contributed by atoms with van der Waals surface area (Å²) in [7, 11) is 0. The van der Waals surface area contributed by atoms with Gasteiger partial charge in [0.05, 0.1) is 18.7 Å². The molecule has 2 aromatic rings. The normalized spacial score (nSPS) is 18.9. The maximum Gasteiger partial charge on any atom is 0.256 e. The maximum atomic E-state index is 13.6. The number of carbonyl (C=O) groups excluding carboxylic acids is 2. The van der Waals surface area contributed by atoms with E-state index in [4.69, 9.17) is 28.6 Å². The second-order valence-electron chi connectivity index (χ2n) is 9.79. The van der Waals surface area contributed by atoms with E-state index in [2.05, 4.69) is 17.1 Å². The first-order valence-corrected chi connectivity index (χ1v) is 13.8. The molecule has 1 unspecified atom stereocenters. The molecule has 2 fully saturated rings. The number of nitrogens with zero attached hydrogens (tertiary/aromatic N) is 3. The van der Waals surface area contributed by atoms with Gasteiger partial charge < -0.3 is 19.9 Å². The maximum absolute atomic E-state index is 13.6. The Labute approximate surface area is 229 Å². The minimum absolute atomic E-state index is 0.00115. The molecule has 9 heteroatoms. The van der Waals surface area contributed by atoms with Crippen molar-refractivity contribution < 1.29 is 14.3 Å². The van der Waals surface area contributed by atoms with Gasteiger partial charge in [-0.2, -0.15) is 0 Å². The Kier molecular flexibility index (Phi) is 9.40. The molecule has 0 radical (unpaired) electrons. The zero-order valence-corrected chi connectivity index (χ0v) is 23.1. The van der Waals surface area contributed by atoms with Gasteiger partial charge in [0.2, 0.25) is 5.91 Å². The Balaban J connectivity index is 1.46. The molecule has 0 bridgehead atoms. The van der Waals surface area contributed by atoms with E-state index in [9.17, 15) is 9.59 Å². The molecular formula is C28H35ClN4O3S. The summed E-state index contributed by atoms with van der Waals surface area (Å²) < 4.78 is 5.61. The predicted molar refractivity (Wildman–Crippen MR) is 152 cm³/mol. The number of anilines is 2. The van der Waals surface area contributed by atoms with Crippen LogP contribution in [0.4, 0.5) is 11.4 Å². The smallest absolute Gasteiger partial charge is 0.256 e. The van der Waals surface area contributed by atoms with Crippen LogP contribution in [0.3, 0.4) is 0 Å². The van der Waals surface area contributed by atoms with Crippen molar-refractivity contribution in [1.29, 1.82) is 0 Å². The summed E-state index contributed by atoms with van der Waals surface area (Å²) in [6.45, 7) is 8.43. The van der Waals surface area contributed by atoms with Gasteiger partial charge in [-0.15, -0.1) is 0 Å². The van der Waals surface area contributed by atoms with Gasteiger partial charge in [0.25, 0.3) is 5.91 Å². The highest BCUT2D eigenvalue weighted by molar-refractivity contribution is 7.80. The predicted octanol–water partition coefficient (Wildman–Crippen LogP) is 5.19. The lowest BCUT2D eigenvalue weighted by Gasteiger charge is -2.32. The third-order valence-electron chi connectivity index (χ3n) is 6.91. The van der Waals surface area contributed by atoms with Crippen LogP contribution in [0.25, 0.3) is 0 Å². The van der Waals surface area contributed by atoms with Gasteiger partial charge in [-0.3, -0.25) is 14.5 Å². The average molecular weight is 543 g/mol. The summed E-state index contributed by atoms with van der Waals surface area (Å²) in [6.07, 6.45) is 3.27. The van der Waals surface area contributed by atoms with E-state index in [1.807, 2.05) is 30.0 Å². The minimum atomic E-state index is -0.678. The summed E-state index contributed by atoms with van der Waals surface area (Å²) in [5, 5.41) is 3.85. The van der Waals surface area contributed by atoms with E-state index in [1.54, 1.807) is 30.3 Å². The third kappa shape index (κ3) is 7.00. The summed E-state index contributed by atoms with van der Waals surface area (Å²) in [6, 6.07) is 13.7. The zero-order valence-electron chi connectivity index (χ0n) is 21.5. The molecule has 7 nitrogen and oxygen atoms in total. The van der Waals surface area contributed by atoms with Crippen molar-refractivity contribution in [2.45, 2.75) is 45.6 Å². The number of nitrogens with one attached hydrogen (secondary N) is 1. The summed E-state index contributed by atoms with van der Waals surface area (Å²) >= 11 is 12.0. The molecule has 2 amide bonds. The number of ether oxygens (including phenoxy) is 1. The lowest BCUT2D eigenvalue weighted by molar-refractivity contribution is -0.124. The SMILES string of the molecule is CCCOc1ccc(NC(=O)CC2C(=O)N(c3cccc(Cl)c3)C(=S)N2CCN2CCC(C)CC2)cc1. The highest BCUT2D eigenvalue weighted by Crippen LogP contribution is 2.29. The van der Waals surface area contributed by atoms with E-state index >= 15 is 0 Å². The molecule has 4 rings (SSSR count). The summed E-state index contributed by atoms with van der Waals surface area (Å²) in [5.41, 5.74) is 1.27. The molecule has 2 aliphatic rings. The van der Waals surface area contributed by atoms with Crippen LogP contribution >= 0.6 is 23.8 Å². The van der Waals surface area contributed by atoms with Crippen LogP contribution in [-0.2, 0) is 9.59 Å². The highest BCUT2D eigenvalue weighted by Gasteiger charge is 2.44. The van der Waals surface area contributed by atoms with Crippen molar-refractivity contribution in [2.75, 3.05) is 43.0 Å². The summed E-state index contributed by atoms with van der Waals surface area (Å²) in [4.78, 5) is 32.5. The number of piperidine rings is 1. The Morgan fingerprint density at radius 1 is 1.14 bits per heavy atom. The van der Waals surface area contributed by atoms with Crippen molar-refractivity contribution >= 4 is 52.1 Å². The quantitative estimate of drug-likeness (QED) is 0.417. The molecule has 2 saturated heterocycles. The number of hydrogen-bond donors (Lipinski definition) is 1. The molecular weight excluding hydrogens is 508 g/mol. The first-order chi connectivity index (χ1) is 17.9. The van der Waals surface area contributed by atoms with E-state index in [0.717, 1.165) is 37.7 Å². The summed E-state index contributed by atoms with van der Waals surface area (Å²) in [5.74, 6) is 1.05. The first kappa shape index (κ1) is 27.4. The van der Waals surface area contributed by atoms with Gasteiger partial charge in [-0.05, 0) is 93.0 Å². The van der Waals surface area contributed by atoms with Crippen molar-refractivity contribution in [2.24, 2.45) is 5.92 Å². The molecule has 198 valence electrons. The van der Waals surface area contributed by atoms with Gasteiger partial charge >= 0.3 is 0 Å². The van der Waals surface area contributed by atoms with Crippen LogP contribution in [0.15, 0.2) is 48.5 Å². The molecule has 0 saturated carbocycles. The van der Waals surface area contributed by atoms with Crippen molar-refractivity contribution in [3.8, 4) is 5.75 Å². The molecule has 0 aromatic heterocycles. The van der Waals surface area contributed by atoms with Crippen LogP contribution in [0.5, 0.6) is 5.75 Å². The van der Waals surface area contributed by atoms with E-state index in [0.29, 0.717) is 34.7 Å². The van der Waals surface area contributed by atoms with E-state index in [1.165, 1.54) is 17.7 Å². The fourth-order valence-corrected chi connectivity index (χ4v) is 5.32. The molecule has 1 N–H and O–H groups in total. The van der Waals surface area contributed by atoms with E-state index < -0.39 is 6.04 Å². The van der Waals surface area contributed by atoms with Crippen LogP contribution in [0, 0.1) is 5.92 Å². The van der Waals surface area contributed by atoms with Gasteiger partial charge in [0, 0.05) is 23.8 Å². The van der Waals surface area contributed by atoms with Crippen molar-refractivity contribution in [3.05, 3.63) is 53.6 Å². The largest absolute Gasteiger partial charge is 0.494 e. The standard InChI is InChI=1S/C28H35ClN4O3S/c1-3-17-36-24-9-7-22(8-10-24)30-26(34)19-25-27(35)33(23-6-4-5-21(29)18-23)28(37)32(25)16-15-31-13-11-20(2)12-14-31/h4-10,18,20,25H,3,11-17,19H2,1-2H3,(H,30,34). The van der Waals surface area contributed by atoms with Crippen molar-refractivity contribution in [1.82, 2.24) is 9.80 Å². The fourth-order valence-electron chi connectivity index (χ4n) is 4.72. The Morgan fingerprint density at radius 3 is 2.54 bits per heavy atom. The minimum Gasteiger partial charge on any atom is -0.494 e. The molecule has 1 atom stereocenters. The van der Waals surface area contributed by atoms with Gasteiger partial charge in [0.15, 0.2) is 5.11 Å². The number of rotatable bonds is 10. The van der Waals surface area contributed by atoms with E-state index in [-0.39, 0.29) is 18.2 Å². The number of benzene rings is 2. The molecule has 37 heavy (non-hydrogen) atoms. The van der Waals surface area contributed by atoms with Gasteiger partial charge in [0.1, 0.15) is 11.8 Å². The molecule has 2 aromatic carbocycles. The number of carbonyl (C=O) groups is 2. The average Bonchev–Trinajstić information content (AvgIpc) is 3.11. The Morgan fingerprint density at radius 2 is 1.86 bits per heavy atom. The lowest BCUT2D eigenvalue weighted by Crippen LogP contribution is -2.44. The van der Waals surface area contributed by atoms with Gasteiger partial charge in [-0.25, -0.2) is 0 Å². The lowest BCUT2D eigenvalue weighted by atomic mass is 9.99. The highest BCUT2D eigenvalue weighted by atomic mass is 35.5. The second kappa shape index (κ2) is 12.7. The zero-order chi connectivity index (χ0) is 26.4. The Hall–Kier alpha value is -2.68. The third-order valence-corrected chi connectivity index (χ3v) is 7.56. The van der Waals surface area contributed by atoms with Crippen molar-refractivity contribution in [3.63, 3.8) is 0 Å². The number of thiocarbonyl (C=S) groups is 1. The van der Waals surface area contributed by atoms with Crippen LogP contribution in [0.2, 0.25) is 5.02 Å². The Bertz CT molecular complexity index is 1100. The number of amides is 2. The molecule has 2 heterocycles. The fraction of sp³-hybridized carbons (Fsp3) is 0.464. The topological polar surface area (TPSA) is 65.1 Å². The monoisotopic (exact) mass is 542 g/mol. The van der Waals surface area contributed by atoms with Crippen LogP contribution in [0.1, 0.15) is 39.5 Å². The van der Waals surface area contributed by atoms with Crippen LogP contribution in [-0.4, -0.2) is 65.6 Å². The molecule has 0 spiro atoms. The first-order valence-electron chi connectivity index (χ1n) is 13.0. The second-order valence-corrected chi connectivity index (χ2v) is 10.6.